The Labute approximate surface area is 614 Å². The van der Waals surface area contributed by atoms with E-state index in [9.17, 15) is 0 Å². The van der Waals surface area contributed by atoms with Crippen molar-refractivity contribution in [2.75, 3.05) is 14.7 Å². The molecule has 0 amide bonds. The van der Waals surface area contributed by atoms with Gasteiger partial charge < -0.3 is 32.4 Å². The lowest BCUT2D eigenvalue weighted by atomic mass is 9.33. The maximum atomic E-state index is 6.94. The van der Waals surface area contributed by atoms with Crippen molar-refractivity contribution in [3.05, 3.63) is 327 Å². The number of benzene rings is 15. The van der Waals surface area contributed by atoms with Gasteiger partial charge in [-0.2, -0.15) is 0 Å². The average molecular weight is 1360 g/mol. The minimum Gasteiger partial charge on any atom is -0.455 e. The van der Waals surface area contributed by atoms with E-state index in [1.54, 1.807) is 0 Å². The van der Waals surface area contributed by atoms with Crippen molar-refractivity contribution >= 4 is 162 Å². The number of rotatable bonds is 9. The molecule has 2 aliphatic rings. The summed E-state index contributed by atoms with van der Waals surface area (Å²) in [6, 6.07) is 116. The van der Waals surface area contributed by atoms with Gasteiger partial charge in [-0.3, -0.25) is 0 Å². The van der Waals surface area contributed by atoms with Crippen LogP contribution in [0.25, 0.3) is 132 Å². The Kier molecular flexibility index (Phi) is 13.5. The smallest absolute Gasteiger partial charge is 0.252 e. The number of nitrogens with zero attached hydrogens (tertiary/aromatic N) is 3. The molecular weight excluding hydrogens is 1290 g/mol. The van der Waals surface area contributed by atoms with E-state index in [4.69, 9.17) is 17.7 Å². The quantitative estimate of drug-likeness (QED) is 0.133. The molecule has 6 heterocycles. The van der Waals surface area contributed by atoms with E-state index < -0.39 is 0 Å². The SMILES string of the molecule is CC(C)(C)c1cccc(N(c2cccc(C(C)(C)C)c2)c2cc3c4c(c2)N(c2cccc(-c5cccc6c5oc5ccccc56)c2)c2cc(-c5cccc6c5oc5ccccc56)ccc2B4c2ccc(-c4cccc5c4oc4ccccc45)cc2N3c2cccc(-c3cccc4c3oc3ccccc34)c2)c1. The van der Waals surface area contributed by atoms with Gasteiger partial charge in [-0.05, 0) is 158 Å². The lowest BCUT2D eigenvalue weighted by Crippen LogP contribution is -2.61. The van der Waals surface area contributed by atoms with Crippen molar-refractivity contribution in [3.8, 4) is 44.5 Å². The number of anilines is 9. The summed E-state index contributed by atoms with van der Waals surface area (Å²) in [5.41, 5.74) is 30.0. The van der Waals surface area contributed by atoms with E-state index in [0.717, 1.165) is 194 Å². The normalized spacial score (nSPS) is 12.9. The molecule has 504 valence electrons. The minimum atomic E-state index is -0.287. The zero-order chi connectivity index (χ0) is 70.8. The van der Waals surface area contributed by atoms with E-state index in [0.29, 0.717) is 0 Å². The molecule has 0 fully saturated rings. The van der Waals surface area contributed by atoms with Crippen LogP contribution >= 0.6 is 0 Å². The summed E-state index contributed by atoms with van der Waals surface area (Å²) < 4.78 is 27.6. The van der Waals surface area contributed by atoms with E-state index in [1.807, 2.05) is 12.1 Å². The third-order valence-electron chi connectivity index (χ3n) is 22.3. The molecule has 21 rings (SSSR count). The molecule has 0 N–H and O–H groups in total. The molecule has 0 atom stereocenters. The maximum absolute atomic E-state index is 6.94. The number of hydrogen-bond donors (Lipinski definition) is 0. The van der Waals surface area contributed by atoms with Gasteiger partial charge in [0.25, 0.3) is 6.71 Å². The summed E-state index contributed by atoms with van der Waals surface area (Å²) in [6.07, 6.45) is 0. The minimum absolute atomic E-state index is 0.157. The average Bonchev–Trinajstić information content (AvgIpc) is 1.02. The molecule has 0 saturated carbocycles. The molecule has 8 heteroatoms. The Morgan fingerprint density at radius 3 is 0.943 bits per heavy atom. The molecule has 0 unspecified atom stereocenters. The largest absolute Gasteiger partial charge is 0.455 e. The van der Waals surface area contributed by atoms with Gasteiger partial charge in [0, 0.05) is 111 Å². The van der Waals surface area contributed by atoms with Crippen molar-refractivity contribution in [2.45, 2.75) is 52.4 Å². The van der Waals surface area contributed by atoms with E-state index >= 15 is 0 Å². The molecular formula is C98H70BN3O4. The molecule has 106 heavy (non-hydrogen) atoms. The molecule has 0 radical (unpaired) electrons. The Hall–Kier alpha value is -13.0. The summed E-state index contributed by atoms with van der Waals surface area (Å²) in [5, 5.41) is 8.68. The van der Waals surface area contributed by atoms with Crippen LogP contribution in [0.3, 0.4) is 0 Å². The maximum Gasteiger partial charge on any atom is 0.252 e. The van der Waals surface area contributed by atoms with Gasteiger partial charge in [0.2, 0.25) is 0 Å². The molecule has 0 saturated heterocycles. The molecule has 0 aliphatic carbocycles. The number of hydrogen-bond acceptors (Lipinski definition) is 7. The van der Waals surface area contributed by atoms with Crippen LogP contribution in [-0.4, -0.2) is 6.71 Å². The fraction of sp³-hybridized carbons (Fsp3) is 0.0816. The molecule has 7 nitrogen and oxygen atoms in total. The van der Waals surface area contributed by atoms with Crippen LogP contribution < -0.4 is 31.1 Å². The molecule has 0 spiro atoms. The number of furan rings is 4. The van der Waals surface area contributed by atoms with Crippen molar-refractivity contribution in [2.24, 2.45) is 0 Å². The van der Waals surface area contributed by atoms with Crippen LogP contribution in [0.4, 0.5) is 51.2 Å². The molecule has 0 bridgehead atoms. The Morgan fingerprint density at radius 2 is 0.585 bits per heavy atom. The lowest BCUT2D eigenvalue weighted by molar-refractivity contribution is 0.590. The topological polar surface area (TPSA) is 62.3 Å². The van der Waals surface area contributed by atoms with Crippen LogP contribution in [0.1, 0.15) is 52.7 Å². The highest BCUT2D eigenvalue weighted by Gasteiger charge is 2.45. The Balaban J connectivity index is 0.888. The monoisotopic (exact) mass is 1360 g/mol. The predicted octanol–water partition coefficient (Wildman–Crippen LogP) is 26.1. The molecule has 19 aromatic rings. The van der Waals surface area contributed by atoms with Crippen molar-refractivity contribution in [3.63, 3.8) is 0 Å². The van der Waals surface area contributed by atoms with Gasteiger partial charge in [0.15, 0.2) is 0 Å². The van der Waals surface area contributed by atoms with E-state index in [2.05, 4.69) is 360 Å². The van der Waals surface area contributed by atoms with Crippen LogP contribution in [0.5, 0.6) is 0 Å². The fourth-order valence-electron chi connectivity index (χ4n) is 17.2. The highest BCUT2D eigenvalue weighted by molar-refractivity contribution is 7.00. The second kappa shape index (κ2) is 23.2. The standard InChI is InChI=1S/C98H70BN3O4/c1-97(2,3)63-25-17-29-67(55-63)100(68-30-18-26-64(56-68)98(4,5)6)69-57-86-92-87(58-69)102(66-28-16-24-60(52-66)71-36-20-40-79-75-32-8-12-44-89(75)104-94(71)79)85-54-62(73-38-22-42-81-77-34-10-14-46-91(77)106-96(73)81)48-50-83(85)99(92)82-49-47-61(72-37-21-41-80-76-33-9-13-45-90(76)105-95(72)80)53-84(82)101(86)65-27-15-23-59(51-65)70-35-19-39-78-74-31-7-11-43-88(74)103-93(70)78/h7-58H,1-6H3. The zero-order valence-corrected chi connectivity index (χ0v) is 59.6. The van der Waals surface area contributed by atoms with Gasteiger partial charge in [-0.25, -0.2) is 0 Å². The first kappa shape index (κ1) is 61.6. The second-order valence-electron chi connectivity index (χ2n) is 30.7. The second-order valence-corrected chi connectivity index (χ2v) is 30.7. The summed E-state index contributed by atoms with van der Waals surface area (Å²) in [7, 11) is 0. The first-order valence-electron chi connectivity index (χ1n) is 36.7. The summed E-state index contributed by atoms with van der Waals surface area (Å²) in [4.78, 5) is 7.63. The molecule has 4 aromatic heterocycles. The molecule has 2 aliphatic heterocycles. The van der Waals surface area contributed by atoms with Crippen LogP contribution in [-0.2, 0) is 10.8 Å². The van der Waals surface area contributed by atoms with Gasteiger partial charge in [0.1, 0.15) is 44.7 Å². The summed E-state index contributed by atoms with van der Waals surface area (Å²) in [6.45, 7) is 13.6. The Bertz CT molecular complexity index is 6460. The molecule has 15 aromatic carbocycles. The van der Waals surface area contributed by atoms with Crippen LogP contribution in [0, 0.1) is 0 Å². The van der Waals surface area contributed by atoms with Crippen molar-refractivity contribution in [1.29, 1.82) is 0 Å². The van der Waals surface area contributed by atoms with Gasteiger partial charge in [-0.15, -0.1) is 0 Å². The Morgan fingerprint density at radius 1 is 0.264 bits per heavy atom. The van der Waals surface area contributed by atoms with Crippen molar-refractivity contribution < 1.29 is 17.7 Å². The van der Waals surface area contributed by atoms with E-state index in [-0.39, 0.29) is 17.5 Å². The summed E-state index contributed by atoms with van der Waals surface area (Å²) >= 11 is 0. The fourth-order valence-corrected chi connectivity index (χ4v) is 17.2. The van der Waals surface area contributed by atoms with Gasteiger partial charge in [0.05, 0.1) is 5.69 Å². The van der Waals surface area contributed by atoms with Gasteiger partial charge in [-0.1, -0.05) is 260 Å². The highest BCUT2D eigenvalue weighted by Crippen LogP contribution is 2.52. The number of fused-ring (bicyclic) bond motifs is 16. The zero-order valence-electron chi connectivity index (χ0n) is 59.6. The first-order valence-corrected chi connectivity index (χ1v) is 36.7. The third kappa shape index (κ3) is 9.60. The highest BCUT2D eigenvalue weighted by atomic mass is 16.3. The lowest BCUT2D eigenvalue weighted by Gasteiger charge is -2.45. The number of para-hydroxylation sites is 8. The van der Waals surface area contributed by atoms with E-state index in [1.165, 1.54) is 16.6 Å². The van der Waals surface area contributed by atoms with Crippen molar-refractivity contribution in [1.82, 2.24) is 0 Å². The van der Waals surface area contributed by atoms with Crippen LogP contribution in [0.2, 0.25) is 0 Å². The van der Waals surface area contributed by atoms with Gasteiger partial charge >= 0.3 is 0 Å². The summed E-state index contributed by atoms with van der Waals surface area (Å²) in [5.74, 6) is 0. The first-order chi connectivity index (χ1) is 51.8. The van der Waals surface area contributed by atoms with Crippen LogP contribution in [0.15, 0.2) is 333 Å². The predicted molar refractivity (Wildman–Crippen MR) is 443 cm³/mol. The third-order valence-corrected chi connectivity index (χ3v) is 22.3.